The second-order valence-electron chi connectivity index (χ2n) is 8.45. The van der Waals surface area contributed by atoms with E-state index in [1.54, 1.807) is 35.7 Å². The number of ketones is 1. The molecule has 2 heterocycles. The highest BCUT2D eigenvalue weighted by Gasteiger charge is 2.39. The fraction of sp³-hybridized carbons (Fsp3) is 0.179. The van der Waals surface area contributed by atoms with Crippen LogP contribution in [0.2, 0.25) is 0 Å². The molecule has 0 unspecified atom stereocenters. The Morgan fingerprint density at radius 1 is 1.00 bits per heavy atom. The number of carbonyl (C=O) groups excluding carboxylic acids is 2. The standard InChI is InChI=1S/C28H26N4O2S2/c1-4-29-21-15-14-20(18(2)33)16-22(21)30-28-32(17-19-10-6-5-7-11-19)26(34)25(36-28)27-31(3)23-12-8-9-13-24(23)35-27/h5-16,29H,4,17H2,1-3H3/b27-25+,30-28?. The van der Waals surface area contributed by atoms with Gasteiger partial charge in [0.25, 0.3) is 5.91 Å². The van der Waals surface area contributed by atoms with Gasteiger partial charge in [0.05, 0.1) is 28.6 Å². The van der Waals surface area contributed by atoms with Gasteiger partial charge in [-0.15, -0.1) is 0 Å². The largest absolute Gasteiger partial charge is 0.384 e. The molecule has 8 heteroatoms. The zero-order valence-electron chi connectivity index (χ0n) is 20.3. The molecule has 0 spiro atoms. The summed E-state index contributed by atoms with van der Waals surface area (Å²) in [6.07, 6.45) is 0. The van der Waals surface area contributed by atoms with E-state index in [2.05, 4.69) is 22.3 Å². The van der Waals surface area contributed by atoms with Gasteiger partial charge in [-0.2, -0.15) is 0 Å². The Labute approximate surface area is 219 Å². The van der Waals surface area contributed by atoms with Crippen molar-refractivity contribution in [1.82, 2.24) is 4.90 Å². The Kier molecular flexibility index (Phi) is 6.89. The summed E-state index contributed by atoms with van der Waals surface area (Å²) in [5, 5.41) is 4.82. The minimum atomic E-state index is -0.0718. The number of benzene rings is 3. The van der Waals surface area contributed by atoms with Gasteiger partial charge in [-0.1, -0.05) is 54.2 Å². The first-order valence-electron chi connectivity index (χ1n) is 11.7. The smallest absolute Gasteiger partial charge is 0.269 e. The molecule has 2 aliphatic rings. The molecule has 1 fully saturated rings. The fourth-order valence-corrected chi connectivity index (χ4v) is 6.45. The summed E-state index contributed by atoms with van der Waals surface area (Å²) in [6, 6.07) is 23.5. The SMILES string of the molecule is CCNc1ccc(C(C)=O)cc1N=C1S/C(=C2/Sc3ccccc3N2C)C(=O)N1Cc1ccccc1. The van der Waals surface area contributed by atoms with Crippen molar-refractivity contribution in [2.75, 3.05) is 23.8 Å². The second kappa shape index (κ2) is 10.2. The van der Waals surface area contributed by atoms with Crippen molar-refractivity contribution in [3.05, 3.63) is 93.9 Å². The number of hydrogen-bond acceptors (Lipinski definition) is 7. The van der Waals surface area contributed by atoms with E-state index in [0.717, 1.165) is 26.9 Å². The fourth-order valence-electron chi connectivity index (χ4n) is 4.11. The maximum Gasteiger partial charge on any atom is 0.269 e. The highest BCUT2D eigenvalue weighted by molar-refractivity contribution is 8.19. The molecular weight excluding hydrogens is 488 g/mol. The molecule has 3 aromatic carbocycles. The van der Waals surface area contributed by atoms with E-state index in [-0.39, 0.29) is 11.7 Å². The molecule has 1 N–H and O–H groups in total. The van der Waals surface area contributed by atoms with Gasteiger partial charge >= 0.3 is 0 Å². The van der Waals surface area contributed by atoms with Crippen LogP contribution < -0.4 is 10.2 Å². The zero-order chi connectivity index (χ0) is 25.2. The van der Waals surface area contributed by atoms with Crippen LogP contribution in [0.3, 0.4) is 0 Å². The number of amides is 1. The lowest BCUT2D eigenvalue weighted by Gasteiger charge is -2.17. The summed E-state index contributed by atoms with van der Waals surface area (Å²) in [7, 11) is 1.99. The molecule has 0 atom stereocenters. The van der Waals surface area contributed by atoms with Gasteiger partial charge in [0.2, 0.25) is 0 Å². The lowest BCUT2D eigenvalue weighted by atomic mass is 10.1. The number of nitrogens with one attached hydrogen (secondary N) is 1. The van der Waals surface area contributed by atoms with Gasteiger partial charge in [0, 0.05) is 24.1 Å². The lowest BCUT2D eigenvalue weighted by molar-refractivity contribution is -0.122. The number of nitrogens with zero attached hydrogens (tertiary/aromatic N) is 3. The summed E-state index contributed by atoms with van der Waals surface area (Å²) >= 11 is 2.99. The topological polar surface area (TPSA) is 65.0 Å². The van der Waals surface area contributed by atoms with Crippen LogP contribution in [0, 0.1) is 0 Å². The van der Waals surface area contributed by atoms with E-state index in [0.29, 0.717) is 34.4 Å². The summed E-state index contributed by atoms with van der Waals surface area (Å²) in [5.41, 5.74) is 4.15. The quantitative estimate of drug-likeness (QED) is 0.299. The third-order valence-corrected chi connectivity index (χ3v) is 8.40. The van der Waals surface area contributed by atoms with Gasteiger partial charge in [-0.25, -0.2) is 4.99 Å². The van der Waals surface area contributed by atoms with Crippen LogP contribution in [0.15, 0.2) is 92.6 Å². The van der Waals surface area contributed by atoms with Crippen molar-refractivity contribution < 1.29 is 9.59 Å². The summed E-state index contributed by atoms with van der Waals surface area (Å²) in [5.74, 6) is -0.0992. The molecule has 2 aliphatic heterocycles. The molecule has 1 saturated heterocycles. The molecule has 1 amide bonds. The van der Waals surface area contributed by atoms with E-state index in [1.165, 1.54) is 11.8 Å². The Morgan fingerprint density at radius 3 is 2.47 bits per heavy atom. The first-order valence-corrected chi connectivity index (χ1v) is 13.4. The molecular formula is C28H26N4O2S2. The zero-order valence-corrected chi connectivity index (χ0v) is 22.0. The molecule has 0 radical (unpaired) electrons. The van der Waals surface area contributed by atoms with Crippen LogP contribution in [-0.4, -0.2) is 35.4 Å². The molecule has 36 heavy (non-hydrogen) atoms. The van der Waals surface area contributed by atoms with E-state index in [1.807, 2.05) is 62.5 Å². The number of hydrogen-bond donors (Lipinski definition) is 1. The number of para-hydroxylation sites is 1. The number of aliphatic imine (C=N–C) groups is 1. The average Bonchev–Trinajstić information content (AvgIpc) is 3.37. The Balaban J connectivity index is 1.60. The molecule has 0 aliphatic carbocycles. The summed E-state index contributed by atoms with van der Waals surface area (Å²) < 4.78 is 0. The van der Waals surface area contributed by atoms with Crippen molar-refractivity contribution in [3.63, 3.8) is 0 Å². The number of thioether (sulfide) groups is 2. The monoisotopic (exact) mass is 514 g/mol. The second-order valence-corrected chi connectivity index (χ2v) is 10.5. The Morgan fingerprint density at radius 2 is 1.75 bits per heavy atom. The predicted molar refractivity (Wildman–Crippen MR) is 150 cm³/mol. The molecule has 3 aromatic rings. The third-order valence-electron chi connectivity index (χ3n) is 5.97. The van der Waals surface area contributed by atoms with Crippen LogP contribution >= 0.6 is 23.5 Å². The minimum absolute atomic E-state index is 0.0275. The summed E-state index contributed by atoms with van der Waals surface area (Å²) in [4.78, 5) is 36.4. The van der Waals surface area contributed by atoms with Crippen molar-refractivity contribution in [1.29, 1.82) is 0 Å². The van der Waals surface area contributed by atoms with Crippen LogP contribution in [0.1, 0.15) is 29.8 Å². The van der Waals surface area contributed by atoms with Gasteiger partial charge in [0.1, 0.15) is 4.91 Å². The molecule has 0 bridgehead atoms. The number of carbonyl (C=O) groups is 2. The average molecular weight is 515 g/mol. The molecule has 0 saturated carbocycles. The van der Waals surface area contributed by atoms with Crippen molar-refractivity contribution in [2.45, 2.75) is 25.3 Å². The number of fused-ring (bicyclic) bond motifs is 1. The maximum atomic E-state index is 13.8. The molecule has 6 nitrogen and oxygen atoms in total. The van der Waals surface area contributed by atoms with Gasteiger partial charge in [-0.3, -0.25) is 14.5 Å². The van der Waals surface area contributed by atoms with Crippen molar-refractivity contribution >= 4 is 57.4 Å². The third kappa shape index (κ3) is 4.66. The van der Waals surface area contributed by atoms with E-state index < -0.39 is 0 Å². The first kappa shape index (κ1) is 24.2. The normalized spacial score (nSPS) is 18.2. The van der Waals surface area contributed by atoms with Crippen LogP contribution in [-0.2, 0) is 11.3 Å². The van der Waals surface area contributed by atoms with Gasteiger partial charge in [-0.05, 0) is 61.5 Å². The van der Waals surface area contributed by atoms with Crippen molar-refractivity contribution in [2.24, 2.45) is 4.99 Å². The number of Topliss-reactive ketones (excluding diaryl/α,β-unsaturated/α-hetero) is 1. The Bertz CT molecular complexity index is 1400. The van der Waals surface area contributed by atoms with E-state index in [4.69, 9.17) is 4.99 Å². The van der Waals surface area contributed by atoms with Crippen molar-refractivity contribution in [3.8, 4) is 0 Å². The minimum Gasteiger partial charge on any atom is -0.384 e. The highest BCUT2D eigenvalue weighted by atomic mass is 32.2. The van der Waals surface area contributed by atoms with Crippen LogP contribution in [0.5, 0.6) is 0 Å². The Hall–Kier alpha value is -3.49. The van der Waals surface area contributed by atoms with Gasteiger partial charge in [0.15, 0.2) is 11.0 Å². The molecule has 182 valence electrons. The van der Waals surface area contributed by atoms with Crippen LogP contribution in [0.25, 0.3) is 0 Å². The first-order chi connectivity index (χ1) is 17.5. The van der Waals surface area contributed by atoms with E-state index >= 15 is 0 Å². The lowest BCUT2D eigenvalue weighted by Crippen LogP contribution is -2.29. The molecule has 5 rings (SSSR count). The number of amidine groups is 1. The predicted octanol–water partition coefficient (Wildman–Crippen LogP) is 6.50. The van der Waals surface area contributed by atoms with Crippen LogP contribution in [0.4, 0.5) is 17.1 Å². The van der Waals surface area contributed by atoms with Gasteiger partial charge < -0.3 is 10.2 Å². The number of anilines is 2. The van der Waals surface area contributed by atoms with E-state index in [9.17, 15) is 9.59 Å². The number of rotatable bonds is 6. The molecule has 0 aromatic heterocycles. The summed E-state index contributed by atoms with van der Waals surface area (Å²) in [6.45, 7) is 4.68. The maximum absolute atomic E-state index is 13.8. The highest BCUT2D eigenvalue weighted by Crippen LogP contribution is 2.50.